The molecular formula is C25H30N2. The van der Waals surface area contributed by atoms with Crippen LogP contribution in [0.5, 0.6) is 0 Å². The number of rotatable bonds is 5. The quantitative estimate of drug-likeness (QED) is 0.494. The van der Waals surface area contributed by atoms with Crippen LogP contribution in [0.15, 0.2) is 55.4 Å². The molecule has 2 aromatic carbocycles. The lowest BCUT2D eigenvalue weighted by Crippen LogP contribution is -2.25. The maximum atomic E-state index is 4.76. The standard InChI is InChI=1S/C25H30N2/c1-8-20-15-18(4)23(19(5)16-20)27-14-13-26-24(27)21-11-9-10-12-22(21)25(6,7)17(2)3/h8-17H,1H2,2-7H3. The second kappa shape index (κ2) is 7.19. The first-order valence-corrected chi connectivity index (χ1v) is 9.64. The molecule has 1 aromatic heterocycles. The summed E-state index contributed by atoms with van der Waals surface area (Å²) >= 11 is 0. The Kier molecular flexibility index (Phi) is 5.10. The molecule has 3 aromatic rings. The van der Waals surface area contributed by atoms with E-state index >= 15 is 0 Å². The molecule has 0 unspecified atom stereocenters. The highest BCUT2D eigenvalue weighted by Crippen LogP contribution is 2.38. The Balaban J connectivity index is 2.23. The van der Waals surface area contributed by atoms with E-state index < -0.39 is 0 Å². The molecule has 0 saturated heterocycles. The van der Waals surface area contributed by atoms with Crippen molar-refractivity contribution in [3.63, 3.8) is 0 Å². The predicted octanol–water partition coefficient (Wildman–Crippen LogP) is 6.73. The van der Waals surface area contributed by atoms with Gasteiger partial charge in [0.05, 0.1) is 5.69 Å². The molecule has 27 heavy (non-hydrogen) atoms. The van der Waals surface area contributed by atoms with E-state index in [4.69, 9.17) is 4.98 Å². The molecule has 0 bridgehead atoms. The lowest BCUT2D eigenvalue weighted by Gasteiger charge is -2.32. The molecule has 0 N–H and O–H groups in total. The van der Waals surface area contributed by atoms with Crippen molar-refractivity contribution < 1.29 is 0 Å². The molecule has 0 radical (unpaired) electrons. The third-order valence-corrected chi connectivity index (χ3v) is 5.94. The summed E-state index contributed by atoms with van der Waals surface area (Å²) in [7, 11) is 0. The summed E-state index contributed by atoms with van der Waals surface area (Å²) in [6.07, 6.45) is 5.87. The Labute approximate surface area is 163 Å². The van der Waals surface area contributed by atoms with Crippen molar-refractivity contribution >= 4 is 6.08 Å². The highest BCUT2D eigenvalue weighted by atomic mass is 15.1. The predicted molar refractivity (Wildman–Crippen MR) is 116 cm³/mol. The Morgan fingerprint density at radius 3 is 2.30 bits per heavy atom. The van der Waals surface area contributed by atoms with Crippen LogP contribution in [-0.4, -0.2) is 9.55 Å². The van der Waals surface area contributed by atoms with Crippen molar-refractivity contribution in [2.75, 3.05) is 0 Å². The van der Waals surface area contributed by atoms with Crippen molar-refractivity contribution in [1.29, 1.82) is 0 Å². The zero-order chi connectivity index (χ0) is 19.8. The summed E-state index contributed by atoms with van der Waals surface area (Å²) in [5.74, 6) is 1.52. The van der Waals surface area contributed by atoms with Gasteiger partial charge < -0.3 is 0 Å². The topological polar surface area (TPSA) is 17.8 Å². The maximum absolute atomic E-state index is 4.76. The number of aromatic nitrogens is 2. The minimum atomic E-state index is 0.0597. The fourth-order valence-electron chi connectivity index (χ4n) is 3.72. The zero-order valence-electron chi connectivity index (χ0n) is 17.4. The van der Waals surface area contributed by atoms with Crippen LogP contribution >= 0.6 is 0 Å². The van der Waals surface area contributed by atoms with Gasteiger partial charge in [0.25, 0.3) is 0 Å². The lowest BCUT2D eigenvalue weighted by molar-refractivity contribution is 0.373. The summed E-state index contributed by atoms with van der Waals surface area (Å²) < 4.78 is 2.23. The molecule has 0 spiro atoms. The van der Waals surface area contributed by atoms with Crippen LogP contribution in [0.3, 0.4) is 0 Å². The molecular weight excluding hydrogens is 328 g/mol. The van der Waals surface area contributed by atoms with Gasteiger partial charge in [-0.15, -0.1) is 0 Å². The third-order valence-electron chi connectivity index (χ3n) is 5.94. The van der Waals surface area contributed by atoms with Crippen LogP contribution in [-0.2, 0) is 5.41 Å². The molecule has 0 atom stereocenters. The van der Waals surface area contributed by atoms with Crippen LogP contribution < -0.4 is 0 Å². The molecule has 0 fully saturated rings. The second-order valence-corrected chi connectivity index (χ2v) is 8.25. The Hall–Kier alpha value is -2.61. The monoisotopic (exact) mass is 358 g/mol. The van der Waals surface area contributed by atoms with Crippen molar-refractivity contribution in [2.24, 2.45) is 5.92 Å². The molecule has 0 aliphatic carbocycles. The Morgan fingerprint density at radius 2 is 1.70 bits per heavy atom. The number of imidazole rings is 1. The van der Waals surface area contributed by atoms with Crippen LogP contribution in [0.25, 0.3) is 23.2 Å². The van der Waals surface area contributed by atoms with Gasteiger partial charge in [0.1, 0.15) is 5.82 Å². The SMILES string of the molecule is C=Cc1cc(C)c(-n2ccnc2-c2ccccc2C(C)(C)C(C)C)c(C)c1. The normalized spacial score (nSPS) is 11.8. The fraction of sp³-hybridized carbons (Fsp3) is 0.320. The number of nitrogens with zero attached hydrogens (tertiary/aromatic N) is 2. The molecule has 140 valence electrons. The Bertz CT molecular complexity index is 950. The summed E-state index contributed by atoms with van der Waals surface area (Å²) in [4.78, 5) is 4.76. The first-order chi connectivity index (χ1) is 12.8. The average Bonchev–Trinajstić information content (AvgIpc) is 3.10. The summed E-state index contributed by atoms with van der Waals surface area (Å²) in [5, 5.41) is 0. The largest absolute Gasteiger partial charge is 0.299 e. The molecule has 2 nitrogen and oxygen atoms in total. The third kappa shape index (κ3) is 3.37. The van der Waals surface area contributed by atoms with E-state index in [0.717, 1.165) is 11.4 Å². The molecule has 0 aliphatic heterocycles. The summed E-state index contributed by atoms with van der Waals surface area (Å²) in [6.45, 7) is 17.4. The fourth-order valence-corrected chi connectivity index (χ4v) is 3.72. The van der Waals surface area contributed by atoms with E-state index in [1.54, 1.807) is 0 Å². The van der Waals surface area contributed by atoms with E-state index in [0.29, 0.717) is 5.92 Å². The number of hydrogen-bond acceptors (Lipinski definition) is 1. The Morgan fingerprint density at radius 1 is 1.07 bits per heavy atom. The van der Waals surface area contributed by atoms with Gasteiger partial charge in [-0.25, -0.2) is 4.98 Å². The van der Waals surface area contributed by atoms with Gasteiger partial charge in [-0.1, -0.05) is 64.6 Å². The molecule has 3 rings (SSSR count). The molecule has 2 heteroatoms. The van der Waals surface area contributed by atoms with Crippen molar-refractivity contribution in [3.8, 4) is 17.1 Å². The highest BCUT2D eigenvalue weighted by Gasteiger charge is 2.28. The van der Waals surface area contributed by atoms with Gasteiger partial charge in [0.15, 0.2) is 0 Å². The van der Waals surface area contributed by atoms with E-state index in [2.05, 4.69) is 95.3 Å². The number of benzene rings is 2. The zero-order valence-corrected chi connectivity index (χ0v) is 17.4. The van der Waals surface area contributed by atoms with Gasteiger partial charge in [-0.3, -0.25) is 4.57 Å². The number of hydrogen-bond donors (Lipinski definition) is 0. The number of aryl methyl sites for hydroxylation is 2. The van der Waals surface area contributed by atoms with Gasteiger partial charge in [0, 0.05) is 18.0 Å². The second-order valence-electron chi connectivity index (χ2n) is 8.25. The van der Waals surface area contributed by atoms with Crippen LogP contribution in [0.1, 0.15) is 49.9 Å². The van der Waals surface area contributed by atoms with Gasteiger partial charge in [0.2, 0.25) is 0 Å². The van der Waals surface area contributed by atoms with E-state index in [1.807, 2.05) is 12.3 Å². The molecule has 0 aliphatic rings. The van der Waals surface area contributed by atoms with Crippen LogP contribution in [0, 0.1) is 19.8 Å². The van der Waals surface area contributed by atoms with E-state index in [1.165, 1.54) is 27.9 Å². The van der Waals surface area contributed by atoms with Crippen molar-refractivity contribution in [3.05, 3.63) is 77.6 Å². The molecule has 0 amide bonds. The first kappa shape index (κ1) is 19.2. The maximum Gasteiger partial charge on any atom is 0.144 e. The van der Waals surface area contributed by atoms with Gasteiger partial charge in [-0.05, 0) is 59.6 Å². The summed E-state index contributed by atoms with van der Waals surface area (Å²) in [5.41, 5.74) is 7.40. The summed E-state index contributed by atoms with van der Waals surface area (Å²) in [6, 6.07) is 13.0. The van der Waals surface area contributed by atoms with E-state index in [-0.39, 0.29) is 5.41 Å². The molecule has 1 heterocycles. The minimum Gasteiger partial charge on any atom is -0.299 e. The van der Waals surface area contributed by atoms with Gasteiger partial charge in [-0.2, -0.15) is 0 Å². The molecule has 0 saturated carbocycles. The van der Waals surface area contributed by atoms with E-state index in [9.17, 15) is 0 Å². The minimum absolute atomic E-state index is 0.0597. The smallest absolute Gasteiger partial charge is 0.144 e. The average molecular weight is 359 g/mol. The van der Waals surface area contributed by atoms with Gasteiger partial charge >= 0.3 is 0 Å². The van der Waals surface area contributed by atoms with Crippen molar-refractivity contribution in [1.82, 2.24) is 9.55 Å². The highest BCUT2D eigenvalue weighted by molar-refractivity contribution is 5.67. The van der Waals surface area contributed by atoms with Crippen LogP contribution in [0.4, 0.5) is 0 Å². The lowest BCUT2D eigenvalue weighted by atomic mass is 9.73. The first-order valence-electron chi connectivity index (χ1n) is 9.64. The van der Waals surface area contributed by atoms with Crippen LogP contribution in [0.2, 0.25) is 0 Å². The van der Waals surface area contributed by atoms with Crippen molar-refractivity contribution in [2.45, 2.75) is 47.0 Å².